The first-order valence-electron chi connectivity index (χ1n) is 4.76. The number of anilines is 1. The molecule has 0 aliphatic carbocycles. The van der Waals surface area contributed by atoms with Gasteiger partial charge in [-0.15, -0.1) is 0 Å². The highest BCUT2D eigenvalue weighted by molar-refractivity contribution is 8.00. The molecule has 0 aliphatic rings. The highest BCUT2D eigenvalue weighted by atomic mass is 32.2. The predicted octanol–water partition coefficient (Wildman–Crippen LogP) is 1.80. The molecule has 0 fully saturated rings. The van der Waals surface area contributed by atoms with Gasteiger partial charge in [0.25, 0.3) is 0 Å². The van der Waals surface area contributed by atoms with Gasteiger partial charge in [-0.05, 0) is 30.0 Å². The molecule has 0 aromatic heterocycles. The van der Waals surface area contributed by atoms with Crippen LogP contribution in [0.1, 0.15) is 0 Å². The van der Waals surface area contributed by atoms with Crippen LogP contribution in [0, 0.1) is 0 Å². The molecule has 1 aromatic rings. The highest BCUT2D eigenvalue weighted by Gasteiger charge is 2.27. The highest BCUT2D eigenvalue weighted by Crippen LogP contribution is 2.29. The molecule has 0 saturated heterocycles. The molecule has 0 unspecified atom stereocenters. The van der Waals surface area contributed by atoms with E-state index in [0.29, 0.717) is 0 Å². The number of hydrogen-bond donors (Lipinski definition) is 2. The van der Waals surface area contributed by atoms with Gasteiger partial charge in [0.05, 0.1) is 4.90 Å². The van der Waals surface area contributed by atoms with Gasteiger partial charge in [0.2, 0.25) is 10.0 Å². The number of hydrogen-bond acceptors (Lipinski definition) is 4. The fraction of sp³-hybridized carbons (Fsp3) is 0.333. The summed E-state index contributed by atoms with van der Waals surface area (Å²) in [4.78, 5) is -0.0699. The topological polar surface area (TPSA) is 72.2 Å². The minimum atomic E-state index is -4.36. The Labute approximate surface area is 107 Å². The Morgan fingerprint density at radius 3 is 2.56 bits per heavy atom. The van der Waals surface area contributed by atoms with Gasteiger partial charge in [0.15, 0.2) is 0 Å². The molecule has 1 rings (SSSR count). The smallest absolute Gasteiger partial charge is 0.399 e. The van der Waals surface area contributed by atoms with Crippen LogP contribution < -0.4 is 10.5 Å². The molecule has 18 heavy (non-hydrogen) atoms. The molecule has 9 heteroatoms. The second kappa shape index (κ2) is 5.81. The molecule has 3 N–H and O–H groups in total. The van der Waals surface area contributed by atoms with Crippen molar-refractivity contribution in [3.05, 3.63) is 24.3 Å². The van der Waals surface area contributed by atoms with Crippen molar-refractivity contribution in [2.45, 2.75) is 10.4 Å². The van der Waals surface area contributed by atoms with Crippen LogP contribution in [0.25, 0.3) is 0 Å². The molecular weight excluding hydrogens is 289 g/mol. The summed E-state index contributed by atoms with van der Waals surface area (Å²) in [6, 6.07) is 5.52. The van der Waals surface area contributed by atoms with E-state index < -0.39 is 15.5 Å². The average Bonchev–Trinajstić information content (AvgIpc) is 2.23. The van der Waals surface area contributed by atoms with Crippen molar-refractivity contribution in [3.8, 4) is 0 Å². The largest absolute Gasteiger partial charge is 0.441 e. The van der Waals surface area contributed by atoms with Crippen LogP contribution in [0.2, 0.25) is 0 Å². The molecule has 0 bridgehead atoms. The molecule has 0 aliphatic heterocycles. The first kappa shape index (κ1) is 15.1. The first-order valence-corrected chi connectivity index (χ1v) is 7.23. The van der Waals surface area contributed by atoms with E-state index in [1.165, 1.54) is 24.3 Å². The van der Waals surface area contributed by atoms with Crippen LogP contribution in [0.3, 0.4) is 0 Å². The van der Waals surface area contributed by atoms with E-state index in [4.69, 9.17) is 5.73 Å². The second-order valence-corrected chi connectivity index (χ2v) is 6.19. The van der Waals surface area contributed by atoms with Crippen LogP contribution >= 0.6 is 11.8 Å². The number of sulfonamides is 1. The van der Waals surface area contributed by atoms with Gasteiger partial charge in [0.1, 0.15) is 0 Å². The number of benzene rings is 1. The summed E-state index contributed by atoms with van der Waals surface area (Å²) in [7, 11) is -3.81. The molecule has 0 atom stereocenters. The van der Waals surface area contributed by atoms with E-state index in [2.05, 4.69) is 4.72 Å². The first-order chi connectivity index (χ1) is 8.21. The normalized spacial score (nSPS) is 12.6. The third-order valence-corrected chi connectivity index (χ3v) is 4.02. The Morgan fingerprint density at radius 1 is 1.33 bits per heavy atom. The van der Waals surface area contributed by atoms with Crippen molar-refractivity contribution in [3.63, 3.8) is 0 Å². The van der Waals surface area contributed by atoms with Crippen LogP contribution in [0.15, 0.2) is 29.2 Å². The summed E-state index contributed by atoms with van der Waals surface area (Å²) in [5.41, 5.74) is 1.33. The van der Waals surface area contributed by atoms with Crippen molar-refractivity contribution in [2.75, 3.05) is 18.0 Å². The zero-order valence-corrected chi connectivity index (χ0v) is 10.7. The zero-order valence-electron chi connectivity index (χ0n) is 9.07. The molecule has 0 heterocycles. The lowest BCUT2D eigenvalue weighted by Crippen LogP contribution is -2.26. The summed E-state index contributed by atoms with van der Waals surface area (Å²) in [5, 5.41) is 0. The summed E-state index contributed by atoms with van der Waals surface area (Å²) in [6.07, 6.45) is 0. The van der Waals surface area contributed by atoms with Crippen molar-refractivity contribution in [1.29, 1.82) is 0 Å². The third-order valence-electron chi connectivity index (χ3n) is 1.83. The number of thioether (sulfide) groups is 1. The molecule has 0 amide bonds. The SMILES string of the molecule is Nc1cccc(S(=O)(=O)NCCSC(F)(F)F)c1. The lowest BCUT2D eigenvalue weighted by atomic mass is 10.3. The monoisotopic (exact) mass is 300 g/mol. The van der Waals surface area contributed by atoms with Crippen molar-refractivity contribution in [2.24, 2.45) is 0 Å². The maximum atomic E-state index is 11.8. The maximum absolute atomic E-state index is 11.8. The van der Waals surface area contributed by atoms with Gasteiger partial charge in [-0.3, -0.25) is 0 Å². The van der Waals surface area contributed by atoms with E-state index in [9.17, 15) is 21.6 Å². The minimum absolute atomic E-state index is 0.0699. The molecule has 0 saturated carbocycles. The number of alkyl halides is 3. The van der Waals surface area contributed by atoms with Crippen molar-refractivity contribution in [1.82, 2.24) is 4.72 Å². The molecule has 0 radical (unpaired) electrons. The number of nitrogen functional groups attached to an aromatic ring is 1. The Kier molecular flexibility index (Phi) is 4.88. The number of rotatable bonds is 5. The van der Waals surface area contributed by atoms with E-state index in [1.807, 2.05) is 0 Å². The van der Waals surface area contributed by atoms with E-state index in [-0.39, 0.29) is 34.6 Å². The Hall–Kier alpha value is -0.930. The second-order valence-electron chi connectivity index (χ2n) is 3.26. The van der Waals surface area contributed by atoms with Gasteiger partial charge in [-0.2, -0.15) is 13.2 Å². The van der Waals surface area contributed by atoms with Gasteiger partial charge in [-0.1, -0.05) is 6.07 Å². The minimum Gasteiger partial charge on any atom is -0.399 e. The fourth-order valence-electron chi connectivity index (χ4n) is 1.11. The quantitative estimate of drug-likeness (QED) is 0.642. The standard InChI is InChI=1S/C9H11F3N2O2S2/c10-9(11,12)17-5-4-14-18(15,16)8-3-1-2-7(13)6-8/h1-3,6,14H,4-5,13H2. The van der Waals surface area contributed by atoms with Crippen LogP contribution in [0.5, 0.6) is 0 Å². The Bertz CT molecular complexity index is 503. The van der Waals surface area contributed by atoms with Gasteiger partial charge in [-0.25, -0.2) is 13.1 Å². The summed E-state index contributed by atoms with van der Waals surface area (Å²) in [6.45, 7) is -0.304. The summed E-state index contributed by atoms with van der Waals surface area (Å²) >= 11 is -0.279. The van der Waals surface area contributed by atoms with E-state index >= 15 is 0 Å². The van der Waals surface area contributed by atoms with Crippen LogP contribution in [-0.4, -0.2) is 26.2 Å². The molecule has 102 valence electrons. The zero-order chi connectivity index (χ0) is 13.8. The average molecular weight is 300 g/mol. The van der Waals surface area contributed by atoms with E-state index in [0.717, 1.165) is 0 Å². The number of nitrogens with two attached hydrogens (primary N) is 1. The number of halogens is 3. The van der Waals surface area contributed by atoms with Crippen molar-refractivity contribution < 1.29 is 21.6 Å². The molecule has 1 aromatic carbocycles. The summed E-state index contributed by atoms with van der Waals surface area (Å²) in [5.74, 6) is -0.384. The lowest BCUT2D eigenvalue weighted by molar-refractivity contribution is -0.0327. The van der Waals surface area contributed by atoms with Crippen LogP contribution in [-0.2, 0) is 10.0 Å². The molecule has 4 nitrogen and oxygen atoms in total. The van der Waals surface area contributed by atoms with E-state index in [1.54, 1.807) is 0 Å². The maximum Gasteiger partial charge on any atom is 0.441 e. The third kappa shape index (κ3) is 5.15. The fourth-order valence-corrected chi connectivity index (χ4v) is 2.76. The van der Waals surface area contributed by atoms with Gasteiger partial charge in [0, 0.05) is 18.0 Å². The van der Waals surface area contributed by atoms with Gasteiger partial charge < -0.3 is 5.73 Å². The Balaban J connectivity index is 2.56. The van der Waals surface area contributed by atoms with Crippen LogP contribution in [0.4, 0.5) is 18.9 Å². The number of nitrogens with one attached hydrogen (secondary N) is 1. The van der Waals surface area contributed by atoms with Gasteiger partial charge >= 0.3 is 5.51 Å². The molecular formula is C9H11F3N2O2S2. The Morgan fingerprint density at radius 2 is 2.00 bits per heavy atom. The predicted molar refractivity (Wildman–Crippen MR) is 64.6 cm³/mol. The van der Waals surface area contributed by atoms with Crippen molar-refractivity contribution >= 4 is 27.5 Å². The molecule has 0 spiro atoms. The lowest BCUT2D eigenvalue weighted by Gasteiger charge is -2.08. The summed E-state index contributed by atoms with van der Waals surface area (Å²) < 4.78 is 60.8.